The topological polar surface area (TPSA) is 207 Å². The van der Waals surface area contributed by atoms with Crippen molar-refractivity contribution in [2.45, 2.75) is 43.2 Å². The van der Waals surface area contributed by atoms with Gasteiger partial charge in [0.2, 0.25) is 6.29 Å². The van der Waals surface area contributed by atoms with Crippen LogP contribution in [0.3, 0.4) is 0 Å². The fraction of sp³-hybridized carbons (Fsp3) is 0.360. The summed E-state index contributed by atoms with van der Waals surface area (Å²) in [5.74, 6) is -2.66. The van der Waals surface area contributed by atoms with Gasteiger partial charge in [-0.2, -0.15) is 0 Å². The summed E-state index contributed by atoms with van der Waals surface area (Å²) in [6, 6.07) is 5.50. The normalized spacial score (nSPS) is 26.8. The average Bonchev–Trinajstić information content (AvgIpc) is 3.26. The number of carboxylic acids is 1. The summed E-state index contributed by atoms with van der Waals surface area (Å²) in [5.41, 5.74) is 0.952. The van der Waals surface area contributed by atoms with Crippen molar-refractivity contribution in [1.82, 2.24) is 0 Å². The number of fused-ring (bicyclic) bond motifs is 1. The van der Waals surface area contributed by atoms with Gasteiger partial charge in [0.1, 0.15) is 30.5 Å². The molecule has 2 aliphatic heterocycles. The number of amides is 1. The predicted molar refractivity (Wildman–Crippen MR) is 129 cm³/mol. The number of phenolic OH excluding ortho intramolecular Hbond substituents is 2. The van der Waals surface area contributed by atoms with Gasteiger partial charge in [0, 0.05) is 18.6 Å². The number of phenols is 2. The molecule has 1 fully saturated rings. The number of hydrogen-bond donors (Lipinski definition) is 7. The lowest BCUT2D eigenvalue weighted by Crippen LogP contribution is -2.60. The number of aliphatic hydroxyl groups is 4. The van der Waals surface area contributed by atoms with Crippen molar-refractivity contribution in [2.75, 3.05) is 18.6 Å². The highest BCUT2D eigenvalue weighted by atomic mass is 16.7. The lowest BCUT2D eigenvalue weighted by molar-refractivity contribution is -0.277. The summed E-state index contributed by atoms with van der Waals surface area (Å²) in [6.07, 6.45) is -5.52. The Hall–Kier alpha value is -3.88. The average molecular weight is 533 g/mol. The number of carbonyl (C=O) groups is 2. The minimum Gasteiger partial charge on any atom is -0.504 e. The molecule has 2 heterocycles. The summed E-state index contributed by atoms with van der Waals surface area (Å²) in [5, 5.41) is 69.6. The van der Waals surface area contributed by atoms with E-state index in [9.17, 15) is 45.3 Å². The zero-order valence-corrected chi connectivity index (χ0v) is 20.0. The van der Waals surface area contributed by atoms with E-state index in [-0.39, 0.29) is 29.4 Å². The Kier molecular flexibility index (Phi) is 7.76. The lowest BCUT2D eigenvalue weighted by Gasteiger charge is -2.39. The number of aliphatic carboxylic acids is 1. The van der Waals surface area contributed by atoms with Crippen molar-refractivity contribution in [1.29, 1.82) is 0 Å². The largest absolute Gasteiger partial charge is 0.504 e. The number of aliphatic hydroxyl groups excluding tert-OH is 4. The van der Waals surface area contributed by atoms with Crippen LogP contribution in [0.5, 0.6) is 23.0 Å². The van der Waals surface area contributed by atoms with Crippen molar-refractivity contribution >= 4 is 23.6 Å². The number of ether oxygens (including phenoxy) is 3. The van der Waals surface area contributed by atoms with Crippen LogP contribution >= 0.6 is 0 Å². The molecule has 0 bridgehead atoms. The third-order valence-corrected chi connectivity index (χ3v) is 6.38. The number of carbonyl (C=O) groups excluding carboxylic acids is 1. The Morgan fingerprint density at radius 2 is 1.79 bits per heavy atom. The predicted octanol–water partition coefficient (Wildman–Crippen LogP) is -0.659. The molecule has 1 amide bonds. The number of anilines is 1. The van der Waals surface area contributed by atoms with Gasteiger partial charge in [-0.25, -0.2) is 4.79 Å². The molecule has 0 saturated carbocycles. The first-order chi connectivity index (χ1) is 18.0. The van der Waals surface area contributed by atoms with E-state index in [1.165, 1.54) is 43.5 Å². The third kappa shape index (κ3) is 5.10. The third-order valence-electron chi connectivity index (χ3n) is 6.38. The fourth-order valence-electron chi connectivity index (χ4n) is 4.36. The summed E-state index contributed by atoms with van der Waals surface area (Å²) < 4.78 is 15.9. The Morgan fingerprint density at radius 1 is 1.05 bits per heavy atom. The summed E-state index contributed by atoms with van der Waals surface area (Å²) in [4.78, 5) is 26.1. The molecule has 6 atom stereocenters. The summed E-state index contributed by atoms with van der Waals surface area (Å²) in [6.45, 7) is -0.692. The van der Waals surface area contributed by atoms with Crippen LogP contribution in [-0.2, 0) is 20.7 Å². The van der Waals surface area contributed by atoms with E-state index in [4.69, 9.17) is 14.2 Å². The second kappa shape index (κ2) is 10.8. The molecule has 13 nitrogen and oxygen atoms in total. The molecule has 0 radical (unpaired) electrons. The molecule has 2 aromatic carbocycles. The van der Waals surface area contributed by atoms with Crippen LogP contribution in [0.25, 0.3) is 6.08 Å². The molecule has 4 rings (SSSR count). The van der Waals surface area contributed by atoms with Gasteiger partial charge in [-0.3, -0.25) is 9.69 Å². The number of nitrogens with zero attached hydrogens (tertiary/aromatic N) is 1. The molecule has 0 aromatic heterocycles. The van der Waals surface area contributed by atoms with Crippen molar-refractivity contribution in [3.63, 3.8) is 0 Å². The Bertz CT molecular complexity index is 1250. The number of carboxylic acid groups (broad SMARTS) is 1. The molecular formula is C25H27NO12. The molecule has 1 saturated heterocycles. The van der Waals surface area contributed by atoms with Crippen LogP contribution in [0.15, 0.2) is 36.4 Å². The number of methoxy groups -OCH3 is 1. The Labute approximate surface area is 216 Å². The molecular weight excluding hydrogens is 506 g/mol. The van der Waals surface area contributed by atoms with E-state index in [1.54, 1.807) is 0 Å². The van der Waals surface area contributed by atoms with Crippen molar-refractivity contribution in [3.8, 4) is 23.0 Å². The van der Waals surface area contributed by atoms with E-state index in [2.05, 4.69) is 0 Å². The maximum absolute atomic E-state index is 13.2. The molecule has 204 valence electrons. The van der Waals surface area contributed by atoms with Gasteiger partial charge in [-0.15, -0.1) is 0 Å². The zero-order chi connectivity index (χ0) is 27.7. The minimum absolute atomic E-state index is 0.0953. The maximum Gasteiger partial charge on any atom is 0.327 e. The Balaban J connectivity index is 1.63. The van der Waals surface area contributed by atoms with Gasteiger partial charge in [-0.1, -0.05) is 6.07 Å². The van der Waals surface area contributed by atoms with Gasteiger partial charge >= 0.3 is 5.97 Å². The van der Waals surface area contributed by atoms with Crippen LogP contribution in [0.4, 0.5) is 5.69 Å². The first-order valence-electron chi connectivity index (χ1n) is 11.5. The molecule has 38 heavy (non-hydrogen) atoms. The smallest absolute Gasteiger partial charge is 0.327 e. The Morgan fingerprint density at radius 3 is 2.45 bits per heavy atom. The van der Waals surface area contributed by atoms with Gasteiger partial charge in [-0.05, 0) is 35.4 Å². The van der Waals surface area contributed by atoms with Crippen LogP contribution in [0, 0.1) is 0 Å². The second-order valence-corrected chi connectivity index (χ2v) is 8.79. The van der Waals surface area contributed by atoms with E-state index < -0.39 is 61.0 Å². The monoisotopic (exact) mass is 533 g/mol. The molecule has 13 heteroatoms. The van der Waals surface area contributed by atoms with Crippen LogP contribution < -0.4 is 14.4 Å². The van der Waals surface area contributed by atoms with Crippen molar-refractivity contribution < 1.29 is 59.5 Å². The molecule has 2 aliphatic rings. The highest BCUT2D eigenvalue weighted by Gasteiger charge is 2.45. The minimum atomic E-state index is -1.75. The standard InChI is InChI=1S/C25H27NO12/c1-36-17-6-11(2-4-15(17)28)3-5-20(30)26-13-9-18(16(29)8-12(13)7-14(26)24(34)35)37-25-23(33)22(32)21(31)19(10-27)38-25/h2-6,8-9,14,19,21-23,25,27-29,31-33H,7,10H2,1H3,(H,34,35)/b5-3-/t14-,19+,21+,22-,23+,25+/m0/s1. The molecule has 0 aliphatic carbocycles. The zero-order valence-electron chi connectivity index (χ0n) is 20.0. The highest BCUT2D eigenvalue weighted by molar-refractivity contribution is 6.09. The van der Waals surface area contributed by atoms with E-state index in [1.807, 2.05) is 0 Å². The highest BCUT2D eigenvalue weighted by Crippen LogP contribution is 2.42. The number of benzene rings is 2. The van der Waals surface area contributed by atoms with Crippen LogP contribution in [-0.4, -0.2) is 98.1 Å². The molecule has 0 spiro atoms. The maximum atomic E-state index is 13.2. The molecule has 0 unspecified atom stereocenters. The van der Waals surface area contributed by atoms with Crippen molar-refractivity contribution in [3.05, 3.63) is 47.5 Å². The number of hydrogen-bond acceptors (Lipinski definition) is 11. The van der Waals surface area contributed by atoms with Gasteiger partial charge in [0.05, 0.1) is 19.4 Å². The summed E-state index contributed by atoms with van der Waals surface area (Å²) >= 11 is 0. The fourth-order valence-corrected chi connectivity index (χ4v) is 4.36. The second-order valence-electron chi connectivity index (χ2n) is 8.79. The molecule has 7 N–H and O–H groups in total. The molecule has 2 aromatic rings. The van der Waals surface area contributed by atoms with Gasteiger partial charge in [0.15, 0.2) is 23.0 Å². The first-order valence-corrected chi connectivity index (χ1v) is 11.5. The number of aromatic hydroxyl groups is 2. The van der Waals surface area contributed by atoms with Gasteiger partial charge in [0.25, 0.3) is 5.91 Å². The number of rotatable bonds is 7. The lowest BCUT2D eigenvalue weighted by atomic mass is 9.99. The van der Waals surface area contributed by atoms with E-state index in [0.29, 0.717) is 11.1 Å². The SMILES string of the molecule is COc1cc(/C=C\C(=O)N2c3cc(O[C@@H]4O[C@H](CO)[C@@H](O)[C@H](O)[C@H]4O)c(O)cc3C[C@H]2C(=O)O)ccc1O. The van der Waals surface area contributed by atoms with E-state index >= 15 is 0 Å². The first kappa shape index (κ1) is 27.2. The summed E-state index contributed by atoms with van der Waals surface area (Å²) in [7, 11) is 1.37. The quantitative estimate of drug-likeness (QED) is 0.222. The van der Waals surface area contributed by atoms with Gasteiger partial charge < -0.3 is 50.0 Å². The van der Waals surface area contributed by atoms with Crippen molar-refractivity contribution in [2.24, 2.45) is 0 Å². The van der Waals surface area contributed by atoms with Crippen LogP contribution in [0.1, 0.15) is 11.1 Å². The van der Waals surface area contributed by atoms with E-state index in [0.717, 1.165) is 11.0 Å². The van der Waals surface area contributed by atoms with Crippen LogP contribution in [0.2, 0.25) is 0 Å².